The minimum absolute atomic E-state index is 0.154. The number of anilines is 1. The summed E-state index contributed by atoms with van der Waals surface area (Å²) in [6, 6.07) is 0.553. The highest BCUT2D eigenvalue weighted by molar-refractivity contribution is 9.10. The normalized spacial score (nSPS) is 24.1. The number of nitrogens with zero attached hydrogens (tertiary/aromatic N) is 3. The zero-order valence-electron chi connectivity index (χ0n) is 15.8. The van der Waals surface area contributed by atoms with Crippen LogP contribution in [-0.4, -0.2) is 44.7 Å². The number of piperidine rings is 1. The second kappa shape index (κ2) is 8.34. The van der Waals surface area contributed by atoms with Gasteiger partial charge in [0.2, 0.25) is 5.95 Å². The molecule has 0 spiro atoms. The molecule has 1 aliphatic heterocycles. The molecule has 6 nitrogen and oxygen atoms in total. The molecule has 0 unspecified atom stereocenters. The molecule has 1 N–H and O–H groups in total. The van der Waals surface area contributed by atoms with Crippen molar-refractivity contribution >= 4 is 28.0 Å². The van der Waals surface area contributed by atoms with Crippen LogP contribution in [0.1, 0.15) is 60.3 Å². The van der Waals surface area contributed by atoms with Crippen LogP contribution in [0.4, 0.5) is 10.7 Å². The summed E-state index contributed by atoms with van der Waals surface area (Å²) >= 11 is 3.35. The lowest BCUT2D eigenvalue weighted by Gasteiger charge is -2.45. The Kier molecular flexibility index (Phi) is 6.65. The van der Waals surface area contributed by atoms with Crippen molar-refractivity contribution in [3.8, 4) is 0 Å². The van der Waals surface area contributed by atoms with Gasteiger partial charge in [0.05, 0.1) is 4.47 Å². The molecule has 1 fully saturated rings. The highest BCUT2D eigenvalue weighted by atomic mass is 79.9. The van der Waals surface area contributed by atoms with E-state index in [2.05, 4.69) is 45.1 Å². The van der Waals surface area contributed by atoms with Crippen molar-refractivity contribution in [2.24, 2.45) is 0 Å². The summed E-state index contributed by atoms with van der Waals surface area (Å²) in [6.07, 6.45) is 6.80. The molecule has 1 saturated heterocycles. The van der Waals surface area contributed by atoms with Gasteiger partial charge in [0.1, 0.15) is 5.60 Å². The number of nitrogens with one attached hydrogen (secondary N) is 1. The SMILES string of the molecule is CC[C@@H]1C[C@H](Nc2ncc(Br)cn2)C[C@H](CC)N1C(=O)OC(C)(C)C. The van der Waals surface area contributed by atoms with E-state index in [0.717, 1.165) is 30.2 Å². The largest absolute Gasteiger partial charge is 0.444 e. The van der Waals surface area contributed by atoms with Gasteiger partial charge in [-0.25, -0.2) is 14.8 Å². The van der Waals surface area contributed by atoms with Gasteiger partial charge in [-0.2, -0.15) is 0 Å². The molecule has 1 aromatic rings. The van der Waals surface area contributed by atoms with Crippen LogP contribution in [0.2, 0.25) is 0 Å². The van der Waals surface area contributed by atoms with Gasteiger partial charge in [0.15, 0.2) is 0 Å². The van der Waals surface area contributed by atoms with Crippen LogP contribution >= 0.6 is 15.9 Å². The lowest BCUT2D eigenvalue weighted by Crippen LogP contribution is -2.55. The zero-order chi connectivity index (χ0) is 18.6. The van der Waals surface area contributed by atoms with Gasteiger partial charge in [-0.3, -0.25) is 0 Å². The van der Waals surface area contributed by atoms with Crippen LogP contribution in [0.5, 0.6) is 0 Å². The molecule has 1 aliphatic rings. The number of likely N-dealkylation sites (tertiary alicyclic amines) is 1. The van der Waals surface area contributed by atoms with Crippen molar-refractivity contribution in [3.05, 3.63) is 16.9 Å². The van der Waals surface area contributed by atoms with E-state index in [0.29, 0.717) is 5.95 Å². The van der Waals surface area contributed by atoms with Crippen LogP contribution in [0.3, 0.4) is 0 Å². The molecule has 0 radical (unpaired) electrons. The Morgan fingerprint density at radius 3 is 2.20 bits per heavy atom. The number of hydrogen-bond donors (Lipinski definition) is 1. The van der Waals surface area contributed by atoms with Gasteiger partial charge in [0, 0.05) is 30.5 Å². The zero-order valence-corrected chi connectivity index (χ0v) is 17.3. The molecular formula is C18H29BrN4O2. The summed E-state index contributed by atoms with van der Waals surface area (Å²) in [7, 11) is 0. The van der Waals surface area contributed by atoms with E-state index in [1.54, 1.807) is 12.4 Å². The quantitative estimate of drug-likeness (QED) is 0.781. The first kappa shape index (κ1) is 19.9. The number of carbonyl (C=O) groups is 1. The van der Waals surface area contributed by atoms with E-state index in [-0.39, 0.29) is 24.2 Å². The van der Waals surface area contributed by atoms with Crippen LogP contribution in [0.15, 0.2) is 16.9 Å². The van der Waals surface area contributed by atoms with Crippen LogP contribution in [0.25, 0.3) is 0 Å². The fraction of sp³-hybridized carbons (Fsp3) is 0.722. The summed E-state index contributed by atoms with van der Waals surface area (Å²) in [5.41, 5.74) is -0.478. The van der Waals surface area contributed by atoms with E-state index in [1.165, 1.54) is 0 Å². The van der Waals surface area contributed by atoms with Crippen molar-refractivity contribution in [1.29, 1.82) is 0 Å². The van der Waals surface area contributed by atoms with Crippen molar-refractivity contribution in [2.45, 2.75) is 84.0 Å². The molecule has 25 heavy (non-hydrogen) atoms. The monoisotopic (exact) mass is 412 g/mol. The highest BCUT2D eigenvalue weighted by Gasteiger charge is 2.39. The van der Waals surface area contributed by atoms with Gasteiger partial charge in [0.25, 0.3) is 0 Å². The third-order valence-electron chi connectivity index (χ3n) is 4.40. The number of hydrogen-bond acceptors (Lipinski definition) is 5. The number of carbonyl (C=O) groups excluding carboxylic acids is 1. The van der Waals surface area contributed by atoms with Gasteiger partial charge in [-0.05, 0) is 62.4 Å². The Morgan fingerprint density at radius 1 is 1.24 bits per heavy atom. The smallest absolute Gasteiger partial charge is 0.410 e. The predicted octanol–water partition coefficient (Wildman–Crippen LogP) is 4.61. The summed E-state index contributed by atoms with van der Waals surface area (Å²) in [6.45, 7) is 9.96. The van der Waals surface area contributed by atoms with Crippen molar-refractivity contribution in [3.63, 3.8) is 0 Å². The summed E-state index contributed by atoms with van der Waals surface area (Å²) < 4.78 is 6.50. The Labute approximate surface area is 158 Å². The molecule has 0 saturated carbocycles. The minimum Gasteiger partial charge on any atom is -0.444 e. The maximum absolute atomic E-state index is 12.7. The lowest BCUT2D eigenvalue weighted by atomic mass is 9.89. The second-order valence-electron chi connectivity index (χ2n) is 7.55. The van der Waals surface area contributed by atoms with Gasteiger partial charge >= 0.3 is 6.09 Å². The number of ether oxygens (including phenoxy) is 1. The first-order chi connectivity index (χ1) is 11.7. The van der Waals surface area contributed by atoms with E-state index < -0.39 is 5.60 Å². The number of amides is 1. The summed E-state index contributed by atoms with van der Waals surface area (Å²) in [5.74, 6) is 0.628. The van der Waals surface area contributed by atoms with E-state index in [4.69, 9.17) is 4.74 Å². The molecule has 2 heterocycles. The maximum atomic E-state index is 12.7. The van der Waals surface area contributed by atoms with Crippen molar-refractivity contribution < 1.29 is 9.53 Å². The van der Waals surface area contributed by atoms with E-state index in [9.17, 15) is 4.79 Å². The second-order valence-corrected chi connectivity index (χ2v) is 8.46. The summed E-state index contributed by atoms with van der Waals surface area (Å²) in [4.78, 5) is 23.3. The highest BCUT2D eigenvalue weighted by Crippen LogP contribution is 2.30. The fourth-order valence-corrected chi connectivity index (χ4v) is 3.51. The Morgan fingerprint density at radius 2 is 1.76 bits per heavy atom. The Hall–Kier alpha value is -1.37. The molecule has 0 aliphatic carbocycles. The molecule has 1 amide bonds. The molecule has 7 heteroatoms. The summed E-state index contributed by atoms with van der Waals surface area (Å²) in [5, 5.41) is 3.42. The standard InChI is InChI=1S/C18H29BrN4O2/c1-6-14-8-13(22-16-20-10-12(19)11-21-16)9-15(7-2)23(14)17(24)25-18(3,4)5/h10-11,13-15H,6-9H2,1-5H3,(H,20,21,22)/t13-,14+,15-. The topological polar surface area (TPSA) is 67.4 Å². The van der Waals surface area contributed by atoms with Crippen LogP contribution < -0.4 is 5.32 Å². The van der Waals surface area contributed by atoms with E-state index in [1.807, 2.05) is 25.7 Å². The third-order valence-corrected chi connectivity index (χ3v) is 4.81. The molecule has 0 bridgehead atoms. The Bertz CT molecular complexity index is 559. The number of rotatable bonds is 4. The molecule has 1 aromatic heterocycles. The first-order valence-electron chi connectivity index (χ1n) is 8.98. The first-order valence-corrected chi connectivity index (χ1v) is 9.78. The minimum atomic E-state index is -0.478. The Balaban J connectivity index is 2.10. The van der Waals surface area contributed by atoms with Gasteiger partial charge < -0.3 is 15.0 Å². The number of halogens is 1. The fourth-order valence-electron chi connectivity index (χ4n) is 3.31. The van der Waals surface area contributed by atoms with Gasteiger partial charge in [-0.15, -0.1) is 0 Å². The van der Waals surface area contributed by atoms with Gasteiger partial charge in [-0.1, -0.05) is 13.8 Å². The van der Waals surface area contributed by atoms with E-state index >= 15 is 0 Å². The maximum Gasteiger partial charge on any atom is 0.410 e. The average Bonchev–Trinajstić information content (AvgIpc) is 2.54. The average molecular weight is 413 g/mol. The molecular weight excluding hydrogens is 384 g/mol. The number of aromatic nitrogens is 2. The van der Waals surface area contributed by atoms with Crippen LogP contribution in [0, 0.1) is 0 Å². The van der Waals surface area contributed by atoms with Crippen molar-refractivity contribution in [2.75, 3.05) is 5.32 Å². The third kappa shape index (κ3) is 5.56. The molecule has 2 rings (SSSR count). The molecule has 140 valence electrons. The molecule has 0 aromatic carbocycles. The molecule has 3 atom stereocenters. The lowest BCUT2D eigenvalue weighted by molar-refractivity contribution is -0.00811. The van der Waals surface area contributed by atoms with Crippen LogP contribution in [-0.2, 0) is 4.74 Å². The predicted molar refractivity (Wildman–Crippen MR) is 103 cm³/mol. The van der Waals surface area contributed by atoms with Crippen molar-refractivity contribution in [1.82, 2.24) is 14.9 Å².